The fourth-order valence-corrected chi connectivity index (χ4v) is 1.36. The lowest BCUT2D eigenvalue weighted by Gasteiger charge is -2.24. The van der Waals surface area contributed by atoms with Gasteiger partial charge < -0.3 is 9.47 Å². The topological polar surface area (TPSA) is 18.5 Å². The first-order valence-electron chi connectivity index (χ1n) is 5.69. The molecule has 0 aliphatic carbocycles. The van der Waals surface area contributed by atoms with Crippen LogP contribution in [0.25, 0.3) is 0 Å². The Balaban J connectivity index is 3.24. The Morgan fingerprint density at radius 3 is 2.20 bits per heavy atom. The number of rotatable bonds is 8. The number of methoxy groups -OCH3 is 1. The molecule has 0 aromatic carbocycles. The highest BCUT2D eigenvalue weighted by atomic mass is 35.5. The summed E-state index contributed by atoms with van der Waals surface area (Å²) in [6.45, 7) is 8.89. The van der Waals surface area contributed by atoms with Crippen molar-refractivity contribution in [2.45, 2.75) is 45.4 Å². The second-order valence-electron chi connectivity index (χ2n) is 4.93. The first kappa shape index (κ1) is 15.2. The van der Waals surface area contributed by atoms with Crippen molar-refractivity contribution in [3.63, 3.8) is 0 Å². The largest absolute Gasteiger partial charge is 0.385 e. The zero-order valence-corrected chi connectivity index (χ0v) is 11.3. The van der Waals surface area contributed by atoms with Crippen molar-refractivity contribution < 1.29 is 9.47 Å². The smallest absolute Gasteiger partial charge is 0.0487 e. The van der Waals surface area contributed by atoms with Gasteiger partial charge in [-0.25, -0.2) is 0 Å². The van der Waals surface area contributed by atoms with Crippen molar-refractivity contribution in [1.29, 1.82) is 0 Å². The molecule has 2 nitrogen and oxygen atoms in total. The summed E-state index contributed by atoms with van der Waals surface area (Å²) in [7, 11) is 1.71. The SMILES string of the molecule is COCCCOCCCC(Cl)C(C)(C)C. The molecular formula is C12H25ClO2. The Labute approximate surface area is 99.3 Å². The predicted molar refractivity (Wildman–Crippen MR) is 65.6 cm³/mol. The van der Waals surface area contributed by atoms with E-state index in [0.717, 1.165) is 39.1 Å². The second kappa shape index (κ2) is 8.37. The van der Waals surface area contributed by atoms with Gasteiger partial charge in [-0.15, -0.1) is 11.6 Å². The highest BCUT2D eigenvalue weighted by molar-refractivity contribution is 6.21. The third-order valence-electron chi connectivity index (χ3n) is 2.32. The van der Waals surface area contributed by atoms with Crippen LogP contribution in [0, 0.1) is 5.41 Å². The average molecular weight is 237 g/mol. The van der Waals surface area contributed by atoms with Gasteiger partial charge in [0.25, 0.3) is 0 Å². The Morgan fingerprint density at radius 2 is 1.67 bits per heavy atom. The Bertz CT molecular complexity index is 143. The van der Waals surface area contributed by atoms with Gasteiger partial charge in [0.2, 0.25) is 0 Å². The molecule has 0 heterocycles. The van der Waals surface area contributed by atoms with E-state index in [1.165, 1.54) is 0 Å². The van der Waals surface area contributed by atoms with E-state index in [2.05, 4.69) is 20.8 Å². The number of ether oxygens (including phenoxy) is 2. The first-order valence-corrected chi connectivity index (χ1v) is 6.13. The van der Waals surface area contributed by atoms with Gasteiger partial charge in [-0.05, 0) is 24.7 Å². The van der Waals surface area contributed by atoms with Gasteiger partial charge in [-0.1, -0.05) is 20.8 Å². The van der Waals surface area contributed by atoms with E-state index in [1.54, 1.807) is 7.11 Å². The van der Waals surface area contributed by atoms with Crippen LogP contribution in [-0.4, -0.2) is 32.3 Å². The standard InChI is InChI=1S/C12H25ClO2/c1-12(2,3)11(13)7-5-9-15-10-6-8-14-4/h11H,5-10H2,1-4H3. The fourth-order valence-electron chi connectivity index (χ4n) is 1.21. The monoisotopic (exact) mass is 236 g/mol. The molecule has 0 fully saturated rings. The molecule has 0 aliphatic heterocycles. The lowest BCUT2D eigenvalue weighted by molar-refractivity contribution is 0.0991. The maximum absolute atomic E-state index is 6.24. The van der Waals surface area contributed by atoms with Crippen LogP contribution in [0.3, 0.4) is 0 Å². The van der Waals surface area contributed by atoms with E-state index in [-0.39, 0.29) is 10.8 Å². The van der Waals surface area contributed by atoms with Gasteiger partial charge in [-0.2, -0.15) is 0 Å². The van der Waals surface area contributed by atoms with Gasteiger partial charge in [0.05, 0.1) is 0 Å². The van der Waals surface area contributed by atoms with Crippen LogP contribution in [0.4, 0.5) is 0 Å². The van der Waals surface area contributed by atoms with Crippen molar-refractivity contribution in [1.82, 2.24) is 0 Å². The highest BCUT2D eigenvalue weighted by Gasteiger charge is 2.21. The Kier molecular flexibility index (Phi) is 8.49. The number of hydrogen-bond donors (Lipinski definition) is 0. The van der Waals surface area contributed by atoms with Crippen LogP contribution in [0.2, 0.25) is 0 Å². The second-order valence-corrected chi connectivity index (χ2v) is 5.46. The molecule has 0 bridgehead atoms. The first-order chi connectivity index (χ1) is 6.98. The molecule has 0 radical (unpaired) electrons. The minimum absolute atomic E-state index is 0.192. The average Bonchev–Trinajstić information content (AvgIpc) is 2.14. The molecule has 0 amide bonds. The van der Waals surface area contributed by atoms with E-state index in [0.29, 0.717) is 0 Å². The predicted octanol–water partition coefficient (Wildman–Crippen LogP) is 3.47. The van der Waals surface area contributed by atoms with Crippen LogP contribution in [0.1, 0.15) is 40.0 Å². The molecule has 0 N–H and O–H groups in total. The zero-order valence-electron chi connectivity index (χ0n) is 10.5. The highest BCUT2D eigenvalue weighted by Crippen LogP contribution is 2.27. The van der Waals surface area contributed by atoms with E-state index in [9.17, 15) is 0 Å². The fraction of sp³-hybridized carbons (Fsp3) is 1.00. The minimum atomic E-state index is 0.192. The Morgan fingerprint density at radius 1 is 1.07 bits per heavy atom. The molecule has 1 unspecified atom stereocenters. The normalized spacial score (nSPS) is 14.2. The maximum atomic E-state index is 6.24. The molecule has 0 aliphatic rings. The molecule has 0 aromatic heterocycles. The summed E-state index contributed by atoms with van der Waals surface area (Å²) in [5.41, 5.74) is 0.192. The third kappa shape index (κ3) is 9.16. The summed E-state index contributed by atoms with van der Waals surface area (Å²) < 4.78 is 10.4. The van der Waals surface area contributed by atoms with E-state index in [1.807, 2.05) is 0 Å². The van der Waals surface area contributed by atoms with Gasteiger partial charge in [-0.3, -0.25) is 0 Å². The van der Waals surface area contributed by atoms with Gasteiger partial charge in [0.1, 0.15) is 0 Å². The molecule has 15 heavy (non-hydrogen) atoms. The lowest BCUT2D eigenvalue weighted by Crippen LogP contribution is -2.21. The van der Waals surface area contributed by atoms with Crippen LogP contribution >= 0.6 is 11.6 Å². The van der Waals surface area contributed by atoms with Crippen LogP contribution in [0.5, 0.6) is 0 Å². The van der Waals surface area contributed by atoms with Crippen molar-refractivity contribution in [3.8, 4) is 0 Å². The summed E-state index contributed by atoms with van der Waals surface area (Å²) in [5.74, 6) is 0. The van der Waals surface area contributed by atoms with Gasteiger partial charge in [0, 0.05) is 32.3 Å². The summed E-state index contributed by atoms with van der Waals surface area (Å²) in [6.07, 6.45) is 3.04. The number of halogens is 1. The third-order valence-corrected chi connectivity index (χ3v) is 3.20. The van der Waals surface area contributed by atoms with E-state index in [4.69, 9.17) is 21.1 Å². The number of hydrogen-bond acceptors (Lipinski definition) is 2. The van der Waals surface area contributed by atoms with E-state index < -0.39 is 0 Å². The Hall–Kier alpha value is 0.210. The molecule has 0 spiro atoms. The van der Waals surface area contributed by atoms with Crippen LogP contribution < -0.4 is 0 Å². The molecule has 92 valence electrons. The summed E-state index contributed by atoms with van der Waals surface area (Å²) >= 11 is 6.24. The van der Waals surface area contributed by atoms with Gasteiger partial charge in [0.15, 0.2) is 0 Å². The molecule has 3 heteroatoms. The zero-order chi connectivity index (χ0) is 11.7. The van der Waals surface area contributed by atoms with Crippen LogP contribution in [0.15, 0.2) is 0 Å². The van der Waals surface area contributed by atoms with Crippen molar-refractivity contribution in [2.75, 3.05) is 26.9 Å². The maximum Gasteiger partial charge on any atom is 0.0487 e. The summed E-state index contributed by atoms with van der Waals surface area (Å²) in [5, 5.41) is 0.236. The number of alkyl halides is 1. The summed E-state index contributed by atoms with van der Waals surface area (Å²) in [4.78, 5) is 0. The van der Waals surface area contributed by atoms with Crippen molar-refractivity contribution in [3.05, 3.63) is 0 Å². The van der Waals surface area contributed by atoms with Crippen molar-refractivity contribution >= 4 is 11.6 Å². The molecule has 0 aromatic rings. The molecule has 1 atom stereocenters. The van der Waals surface area contributed by atoms with Crippen molar-refractivity contribution in [2.24, 2.45) is 5.41 Å². The molecule has 0 saturated carbocycles. The van der Waals surface area contributed by atoms with Gasteiger partial charge >= 0.3 is 0 Å². The molecular weight excluding hydrogens is 212 g/mol. The lowest BCUT2D eigenvalue weighted by atomic mass is 9.89. The van der Waals surface area contributed by atoms with E-state index >= 15 is 0 Å². The minimum Gasteiger partial charge on any atom is -0.385 e. The molecule has 0 rings (SSSR count). The summed E-state index contributed by atoms with van der Waals surface area (Å²) in [6, 6.07) is 0. The quantitative estimate of drug-likeness (QED) is 0.475. The van der Waals surface area contributed by atoms with Crippen LogP contribution in [-0.2, 0) is 9.47 Å². The molecule has 0 saturated heterocycles.